The second-order valence-corrected chi connectivity index (χ2v) is 4.23. The second kappa shape index (κ2) is 5.19. The first-order chi connectivity index (χ1) is 8.60. The van der Waals surface area contributed by atoms with E-state index in [0.29, 0.717) is 25.4 Å². The minimum Gasteiger partial charge on any atom is -0.456 e. The van der Waals surface area contributed by atoms with Gasteiger partial charge in [0.25, 0.3) is 0 Å². The van der Waals surface area contributed by atoms with E-state index < -0.39 is 5.91 Å². The molecule has 18 heavy (non-hydrogen) atoms. The number of nitrogen functional groups attached to an aromatic ring is 1. The molecule has 1 aliphatic heterocycles. The van der Waals surface area contributed by atoms with Crippen LogP contribution in [0.25, 0.3) is 0 Å². The zero-order chi connectivity index (χ0) is 13.1. The minimum atomic E-state index is -0.458. The summed E-state index contributed by atoms with van der Waals surface area (Å²) in [5.41, 5.74) is 2.91. The number of nitrogens with zero attached hydrogens (tertiary/aromatic N) is 1. The van der Waals surface area contributed by atoms with Crippen LogP contribution in [0, 0.1) is 6.92 Å². The van der Waals surface area contributed by atoms with Crippen molar-refractivity contribution < 1.29 is 14.0 Å². The van der Waals surface area contributed by atoms with Gasteiger partial charge in [-0.1, -0.05) is 0 Å². The Kier molecular flexibility index (Phi) is 3.63. The summed E-state index contributed by atoms with van der Waals surface area (Å²) in [4.78, 5) is 24.6. The number of nitrogens with two attached hydrogens (primary N) is 1. The number of carbonyl (C=O) groups excluding carboxylic acids is 2. The standard InChI is InChI=1S/C11H16N4O3/c1-7-8(4-9(18-7)11(17)14-12)5-15-3-2-13-10(16)6-15/h4H,2-3,5-6,12H2,1H3,(H,13,16)(H,14,17). The van der Waals surface area contributed by atoms with Crippen molar-refractivity contribution in [2.75, 3.05) is 19.6 Å². The molecule has 0 aliphatic carbocycles. The van der Waals surface area contributed by atoms with Crippen molar-refractivity contribution in [1.82, 2.24) is 15.6 Å². The highest BCUT2D eigenvalue weighted by atomic mass is 16.4. The molecule has 0 atom stereocenters. The van der Waals surface area contributed by atoms with Gasteiger partial charge in [0.1, 0.15) is 5.76 Å². The van der Waals surface area contributed by atoms with Gasteiger partial charge in [-0.05, 0) is 13.0 Å². The van der Waals surface area contributed by atoms with Gasteiger partial charge < -0.3 is 9.73 Å². The molecule has 2 heterocycles. The Morgan fingerprint density at radius 1 is 1.67 bits per heavy atom. The number of hydrogen-bond donors (Lipinski definition) is 3. The number of rotatable bonds is 3. The molecule has 0 bridgehead atoms. The number of furan rings is 1. The van der Waals surface area contributed by atoms with E-state index in [0.717, 1.165) is 12.1 Å². The number of carbonyl (C=O) groups is 2. The lowest BCUT2D eigenvalue weighted by atomic mass is 10.2. The molecule has 1 aromatic rings. The predicted octanol–water partition coefficient (Wildman–Crippen LogP) is -0.877. The van der Waals surface area contributed by atoms with E-state index in [9.17, 15) is 9.59 Å². The van der Waals surface area contributed by atoms with Gasteiger partial charge in [-0.25, -0.2) is 5.84 Å². The van der Waals surface area contributed by atoms with Gasteiger partial charge >= 0.3 is 5.91 Å². The van der Waals surface area contributed by atoms with Crippen molar-refractivity contribution >= 4 is 11.8 Å². The quantitative estimate of drug-likeness (QED) is 0.368. The second-order valence-electron chi connectivity index (χ2n) is 4.23. The van der Waals surface area contributed by atoms with Gasteiger partial charge in [-0.15, -0.1) is 0 Å². The SMILES string of the molecule is Cc1oc(C(=O)NN)cc1CN1CCNC(=O)C1. The summed E-state index contributed by atoms with van der Waals surface area (Å²) in [6, 6.07) is 1.66. The maximum absolute atomic E-state index is 11.3. The van der Waals surface area contributed by atoms with Crippen molar-refractivity contribution in [2.24, 2.45) is 5.84 Å². The average Bonchev–Trinajstić information content (AvgIpc) is 2.70. The Morgan fingerprint density at radius 2 is 2.44 bits per heavy atom. The summed E-state index contributed by atoms with van der Waals surface area (Å²) in [6.45, 7) is 4.16. The Labute approximate surface area is 104 Å². The van der Waals surface area contributed by atoms with Crippen LogP contribution in [0.15, 0.2) is 10.5 Å². The van der Waals surface area contributed by atoms with Gasteiger partial charge in [0, 0.05) is 25.2 Å². The van der Waals surface area contributed by atoms with E-state index in [-0.39, 0.29) is 11.7 Å². The largest absolute Gasteiger partial charge is 0.456 e. The third-order valence-electron chi connectivity index (χ3n) is 2.89. The summed E-state index contributed by atoms with van der Waals surface area (Å²) in [7, 11) is 0. The van der Waals surface area contributed by atoms with Crippen molar-refractivity contribution in [2.45, 2.75) is 13.5 Å². The maximum atomic E-state index is 11.3. The number of nitrogens with one attached hydrogen (secondary N) is 2. The molecule has 0 unspecified atom stereocenters. The topological polar surface area (TPSA) is 101 Å². The normalized spacial score (nSPS) is 16.4. The number of piperazine rings is 1. The summed E-state index contributed by atoms with van der Waals surface area (Å²) in [5, 5.41) is 2.76. The van der Waals surface area contributed by atoms with Crippen molar-refractivity contribution in [3.05, 3.63) is 23.2 Å². The van der Waals surface area contributed by atoms with Crippen molar-refractivity contribution in [3.8, 4) is 0 Å². The monoisotopic (exact) mass is 252 g/mol. The van der Waals surface area contributed by atoms with E-state index >= 15 is 0 Å². The summed E-state index contributed by atoms with van der Waals surface area (Å²) < 4.78 is 5.32. The van der Waals surface area contributed by atoms with Crippen LogP contribution in [-0.4, -0.2) is 36.3 Å². The van der Waals surface area contributed by atoms with Crippen LogP contribution in [0.3, 0.4) is 0 Å². The molecule has 0 saturated carbocycles. The number of hydrogen-bond acceptors (Lipinski definition) is 5. The van der Waals surface area contributed by atoms with Gasteiger partial charge in [-0.2, -0.15) is 0 Å². The van der Waals surface area contributed by atoms with E-state index in [4.69, 9.17) is 10.3 Å². The lowest BCUT2D eigenvalue weighted by Gasteiger charge is -2.25. The molecule has 1 aromatic heterocycles. The highest BCUT2D eigenvalue weighted by molar-refractivity contribution is 5.91. The summed E-state index contributed by atoms with van der Waals surface area (Å²) >= 11 is 0. The van der Waals surface area contributed by atoms with Crippen LogP contribution in [-0.2, 0) is 11.3 Å². The first-order valence-corrected chi connectivity index (χ1v) is 5.69. The fraction of sp³-hybridized carbons (Fsp3) is 0.455. The smallest absolute Gasteiger partial charge is 0.300 e. The molecule has 1 fully saturated rings. The van der Waals surface area contributed by atoms with E-state index in [1.807, 2.05) is 10.3 Å². The van der Waals surface area contributed by atoms with Crippen LogP contribution in [0.2, 0.25) is 0 Å². The zero-order valence-corrected chi connectivity index (χ0v) is 10.2. The third kappa shape index (κ3) is 2.69. The first-order valence-electron chi connectivity index (χ1n) is 5.69. The van der Waals surface area contributed by atoms with Crippen LogP contribution in [0.4, 0.5) is 0 Å². The molecule has 0 spiro atoms. The van der Waals surface area contributed by atoms with E-state index in [1.165, 1.54) is 0 Å². The molecule has 7 nitrogen and oxygen atoms in total. The number of aryl methyl sites for hydroxylation is 1. The minimum absolute atomic E-state index is 0.0160. The van der Waals surface area contributed by atoms with Crippen LogP contribution < -0.4 is 16.6 Å². The van der Waals surface area contributed by atoms with Crippen LogP contribution >= 0.6 is 0 Å². The van der Waals surface area contributed by atoms with Gasteiger partial charge in [0.15, 0.2) is 5.76 Å². The van der Waals surface area contributed by atoms with E-state index in [2.05, 4.69) is 5.32 Å². The average molecular weight is 252 g/mol. The molecule has 2 rings (SSSR count). The van der Waals surface area contributed by atoms with Crippen LogP contribution in [0.5, 0.6) is 0 Å². The molecule has 1 aliphatic rings. The predicted molar refractivity (Wildman–Crippen MR) is 63.4 cm³/mol. The molecule has 2 amide bonds. The van der Waals surface area contributed by atoms with Gasteiger partial charge in [0.2, 0.25) is 5.91 Å². The molecule has 0 aromatic carbocycles. The fourth-order valence-electron chi connectivity index (χ4n) is 1.93. The summed E-state index contributed by atoms with van der Waals surface area (Å²) in [5.74, 6) is 5.45. The van der Waals surface area contributed by atoms with Crippen LogP contribution in [0.1, 0.15) is 21.9 Å². The lowest BCUT2D eigenvalue weighted by molar-refractivity contribution is -0.124. The molecule has 1 saturated heterocycles. The highest BCUT2D eigenvalue weighted by Crippen LogP contribution is 2.17. The number of hydrazine groups is 1. The zero-order valence-electron chi connectivity index (χ0n) is 10.2. The number of amides is 2. The molecular formula is C11H16N4O3. The maximum Gasteiger partial charge on any atom is 0.300 e. The third-order valence-corrected chi connectivity index (χ3v) is 2.89. The Morgan fingerprint density at radius 3 is 3.11 bits per heavy atom. The van der Waals surface area contributed by atoms with E-state index in [1.54, 1.807) is 13.0 Å². The van der Waals surface area contributed by atoms with Crippen molar-refractivity contribution in [1.29, 1.82) is 0 Å². The Bertz CT molecular complexity index is 469. The molecule has 4 N–H and O–H groups in total. The molecular weight excluding hydrogens is 236 g/mol. The van der Waals surface area contributed by atoms with Crippen molar-refractivity contribution in [3.63, 3.8) is 0 Å². The lowest BCUT2D eigenvalue weighted by Crippen LogP contribution is -2.47. The summed E-state index contributed by atoms with van der Waals surface area (Å²) in [6.07, 6.45) is 0. The fourth-order valence-corrected chi connectivity index (χ4v) is 1.93. The molecule has 0 radical (unpaired) electrons. The molecule has 7 heteroatoms. The van der Waals surface area contributed by atoms with Gasteiger partial charge in [-0.3, -0.25) is 19.9 Å². The first kappa shape index (κ1) is 12.6. The van der Waals surface area contributed by atoms with Gasteiger partial charge in [0.05, 0.1) is 6.54 Å². The molecule has 98 valence electrons. The Balaban J connectivity index is 2.07. The highest BCUT2D eigenvalue weighted by Gasteiger charge is 2.19. The Hall–Kier alpha value is -1.86.